The Labute approximate surface area is 134 Å². The first kappa shape index (κ1) is 20.6. The number of hydrogen-bond acceptors (Lipinski definition) is 3. The lowest BCUT2D eigenvalue weighted by Gasteiger charge is -2.12. The van der Waals surface area contributed by atoms with Crippen molar-refractivity contribution in [2.45, 2.75) is 84.1 Å². The zero-order valence-electron chi connectivity index (χ0n) is 14.2. The van der Waals surface area contributed by atoms with Crippen LogP contribution < -0.4 is 10.6 Å². The van der Waals surface area contributed by atoms with Crippen molar-refractivity contribution in [3.8, 4) is 0 Å². The summed E-state index contributed by atoms with van der Waals surface area (Å²) in [5.41, 5.74) is 0. The van der Waals surface area contributed by atoms with Gasteiger partial charge in [0.05, 0.1) is 6.54 Å². The molecule has 0 aliphatic rings. The van der Waals surface area contributed by atoms with Crippen LogP contribution in [0.2, 0.25) is 0 Å². The third-order valence-electron chi connectivity index (χ3n) is 3.64. The molecule has 1 atom stereocenters. The molecule has 0 aromatic heterocycles. The highest BCUT2D eigenvalue weighted by atomic mass is 16.2. The van der Waals surface area contributed by atoms with Gasteiger partial charge in [-0.1, -0.05) is 58.3 Å². The standard InChI is InChI=1S/C17H32N2O3/c1-3-4-5-6-7-8-9-10-11-12-16(21)19-15(2)17(22)18-13-14-20/h14-15H,3-13H2,1-2H3,(H,18,22)(H,19,21)/t15-/m0/s1. The second-order valence-electron chi connectivity index (χ2n) is 5.78. The molecule has 128 valence electrons. The molecule has 0 heterocycles. The summed E-state index contributed by atoms with van der Waals surface area (Å²) in [6.07, 6.45) is 12.0. The van der Waals surface area contributed by atoms with Crippen molar-refractivity contribution in [3.05, 3.63) is 0 Å². The van der Waals surface area contributed by atoms with Crippen LogP contribution in [0, 0.1) is 0 Å². The van der Waals surface area contributed by atoms with E-state index in [9.17, 15) is 14.4 Å². The largest absolute Gasteiger partial charge is 0.348 e. The summed E-state index contributed by atoms with van der Waals surface area (Å²) in [7, 11) is 0. The van der Waals surface area contributed by atoms with Crippen molar-refractivity contribution in [2.24, 2.45) is 0 Å². The molecule has 0 radical (unpaired) electrons. The van der Waals surface area contributed by atoms with Gasteiger partial charge >= 0.3 is 0 Å². The minimum Gasteiger partial charge on any atom is -0.348 e. The van der Waals surface area contributed by atoms with Crippen LogP contribution in [-0.4, -0.2) is 30.7 Å². The molecule has 0 spiro atoms. The molecule has 0 aliphatic carbocycles. The summed E-state index contributed by atoms with van der Waals surface area (Å²) in [4.78, 5) is 33.3. The summed E-state index contributed by atoms with van der Waals surface area (Å²) in [6.45, 7) is 3.82. The van der Waals surface area contributed by atoms with Crippen LogP contribution in [0.25, 0.3) is 0 Å². The zero-order valence-corrected chi connectivity index (χ0v) is 14.2. The Morgan fingerprint density at radius 1 is 0.955 bits per heavy atom. The van der Waals surface area contributed by atoms with Gasteiger partial charge in [0.15, 0.2) is 0 Å². The lowest BCUT2D eigenvalue weighted by Crippen LogP contribution is -2.45. The Bertz CT molecular complexity index is 319. The van der Waals surface area contributed by atoms with Gasteiger partial charge in [-0.15, -0.1) is 0 Å². The van der Waals surface area contributed by atoms with E-state index in [2.05, 4.69) is 17.6 Å². The molecule has 22 heavy (non-hydrogen) atoms. The van der Waals surface area contributed by atoms with Crippen LogP contribution in [0.1, 0.15) is 78.1 Å². The van der Waals surface area contributed by atoms with Gasteiger partial charge in [-0.25, -0.2) is 0 Å². The summed E-state index contributed by atoms with van der Waals surface area (Å²) < 4.78 is 0. The van der Waals surface area contributed by atoms with Crippen molar-refractivity contribution in [3.63, 3.8) is 0 Å². The molecule has 2 amide bonds. The number of carbonyl (C=O) groups excluding carboxylic acids is 3. The van der Waals surface area contributed by atoms with E-state index in [1.54, 1.807) is 6.92 Å². The zero-order chi connectivity index (χ0) is 16.6. The topological polar surface area (TPSA) is 75.3 Å². The predicted octanol–water partition coefficient (Wildman–Crippen LogP) is 2.73. The number of hydrogen-bond donors (Lipinski definition) is 2. The molecule has 0 aliphatic heterocycles. The molecule has 5 nitrogen and oxygen atoms in total. The van der Waals surface area contributed by atoms with Crippen LogP contribution in [0.5, 0.6) is 0 Å². The van der Waals surface area contributed by atoms with Gasteiger partial charge in [0.1, 0.15) is 12.3 Å². The van der Waals surface area contributed by atoms with E-state index in [0.29, 0.717) is 12.7 Å². The second kappa shape index (κ2) is 14.5. The van der Waals surface area contributed by atoms with Gasteiger partial charge in [-0.3, -0.25) is 9.59 Å². The van der Waals surface area contributed by atoms with Gasteiger partial charge in [-0.05, 0) is 13.3 Å². The van der Waals surface area contributed by atoms with E-state index in [1.165, 1.54) is 44.9 Å². The van der Waals surface area contributed by atoms with Crippen molar-refractivity contribution in [1.82, 2.24) is 10.6 Å². The summed E-state index contributed by atoms with van der Waals surface area (Å²) in [5.74, 6) is -0.427. The first-order chi connectivity index (χ1) is 10.6. The molecule has 0 aromatic carbocycles. The Balaban J connectivity index is 3.49. The van der Waals surface area contributed by atoms with E-state index in [4.69, 9.17) is 0 Å². The lowest BCUT2D eigenvalue weighted by molar-refractivity contribution is -0.129. The molecule has 0 saturated heterocycles. The number of carbonyl (C=O) groups is 3. The molecule has 0 unspecified atom stereocenters. The molecule has 0 fully saturated rings. The monoisotopic (exact) mass is 312 g/mol. The van der Waals surface area contributed by atoms with E-state index in [-0.39, 0.29) is 18.4 Å². The number of nitrogens with one attached hydrogen (secondary N) is 2. The SMILES string of the molecule is CCCCCCCCCCCC(=O)N[C@@H](C)C(=O)NCC=O. The molecule has 0 rings (SSSR count). The fourth-order valence-corrected chi connectivity index (χ4v) is 2.27. The second-order valence-corrected chi connectivity index (χ2v) is 5.78. The van der Waals surface area contributed by atoms with Gasteiger partial charge < -0.3 is 15.4 Å². The average Bonchev–Trinajstić information content (AvgIpc) is 2.50. The van der Waals surface area contributed by atoms with Gasteiger partial charge in [0.25, 0.3) is 0 Å². The fraction of sp³-hybridized carbons (Fsp3) is 0.824. The molecule has 5 heteroatoms. The normalized spacial score (nSPS) is 11.7. The van der Waals surface area contributed by atoms with Crippen LogP contribution in [0.15, 0.2) is 0 Å². The summed E-state index contributed by atoms with van der Waals surface area (Å²) in [5, 5.41) is 5.07. The third-order valence-corrected chi connectivity index (χ3v) is 3.64. The predicted molar refractivity (Wildman–Crippen MR) is 88.5 cm³/mol. The Kier molecular flexibility index (Phi) is 13.6. The van der Waals surface area contributed by atoms with E-state index < -0.39 is 6.04 Å². The smallest absolute Gasteiger partial charge is 0.242 e. The van der Waals surface area contributed by atoms with E-state index in [1.807, 2.05) is 0 Å². The molecular weight excluding hydrogens is 280 g/mol. The highest BCUT2D eigenvalue weighted by Gasteiger charge is 2.14. The maximum absolute atomic E-state index is 11.7. The van der Waals surface area contributed by atoms with Gasteiger partial charge in [0, 0.05) is 6.42 Å². The van der Waals surface area contributed by atoms with Crippen molar-refractivity contribution < 1.29 is 14.4 Å². The van der Waals surface area contributed by atoms with Crippen LogP contribution in [0.3, 0.4) is 0 Å². The minimum absolute atomic E-state index is 0.0166. The van der Waals surface area contributed by atoms with Crippen molar-refractivity contribution in [1.29, 1.82) is 0 Å². The van der Waals surface area contributed by atoms with Crippen LogP contribution in [0.4, 0.5) is 0 Å². The first-order valence-corrected chi connectivity index (χ1v) is 8.62. The van der Waals surface area contributed by atoms with E-state index in [0.717, 1.165) is 12.8 Å². The number of amides is 2. The molecule has 0 saturated carbocycles. The number of rotatable bonds is 14. The van der Waals surface area contributed by atoms with E-state index >= 15 is 0 Å². The molecule has 2 N–H and O–H groups in total. The maximum Gasteiger partial charge on any atom is 0.242 e. The summed E-state index contributed by atoms with van der Waals surface area (Å²) in [6, 6.07) is -0.592. The third kappa shape index (κ3) is 12.4. The Morgan fingerprint density at radius 3 is 2.05 bits per heavy atom. The maximum atomic E-state index is 11.7. The highest BCUT2D eigenvalue weighted by molar-refractivity contribution is 5.88. The molecule has 0 aromatic rings. The van der Waals surface area contributed by atoms with Gasteiger partial charge in [-0.2, -0.15) is 0 Å². The van der Waals surface area contributed by atoms with Crippen molar-refractivity contribution >= 4 is 18.1 Å². The highest BCUT2D eigenvalue weighted by Crippen LogP contribution is 2.10. The number of unbranched alkanes of at least 4 members (excludes halogenated alkanes) is 8. The summed E-state index contributed by atoms with van der Waals surface area (Å²) >= 11 is 0. The molecule has 0 bridgehead atoms. The lowest BCUT2D eigenvalue weighted by atomic mass is 10.1. The average molecular weight is 312 g/mol. The van der Waals surface area contributed by atoms with Crippen molar-refractivity contribution in [2.75, 3.05) is 6.54 Å². The van der Waals surface area contributed by atoms with Crippen LogP contribution >= 0.6 is 0 Å². The number of aldehydes is 1. The molecular formula is C17H32N2O3. The van der Waals surface area contributed by atoms with Gasteiger partial charge in [0.2, 0.25) is 11.8 Å². The quantitative estimate of drug-likeness (QED) is 0.382. The van der Waals surface area contributed by atoms with Crippen LogP contribution in [-0.2, 0) is 14.4 Å². The first-order valence-electron chi connectivity index (χ1n) is 8.62. The minimum atomic E-state index is -0.592. The fourth-order valence-electron chi connectivity index (χ4n) is 2.27. The Morgan fingerprint density at radius 2 is 1.50 bits per heavy atom. The Hall–Kier alpha value is -1.39.